The Balaban J connectivity index is 1.98. The van der Waals surface area contributed by atoms with Crippen LogP contribution in [0, 0.1) is 0 Å². The normalized spacial score (nSPS) is 11.5. The number of rotatable bonds is 7. The van der Waals surface area contributed by atoms with Crippen LogP contribution < -0.4 is 0 Å². The third-order valence-electron chi connectivity index (χ3n) is 5.01. The van der Waals surface area contributed by atoms with E-state index < -0.39 is 5.92 Å². The number of amides is 1. The van der Waals surface area contributed by atoms with Crippen LogP contribution in [0.15, 0.2) is 42.5 Å². The Morgan fingerprint density at radius 2 is 1.77 bits per heavy atom. The third-order valence-corrected chi connectivity index (χ3v) is 5.01. The van der Waals surface area contributed by atoms with Gasteiger partial charge in [-0.3, -0.25) is 4.79 Å². The molecule has 0 saturated carbocycles. The lowest BCUT2D eigenvalue weighted by atomic mass is 9.96. The van der Waals surface area contributed by atoms with Crippen molar-refractivity contribution in [1.29, 1.82) is 0 Å². The minimum absolute atomic E-state index is 0.0257. The Bertz CT molecular complexity index is 1020. The van der Waals surface area contributed by atoms with E-state index in [2.05, 4.69) is 15.4 Å². The van der Waals surface area contributed by atoms with Crippen molar-refractivity contribution in [2.45, 2.75) is 33.1 Å². The van der Waals surface area contributed by atoms with E-state index in [0.29, 0.717) is 36.5 Å². The van der Waals surface area contributed by atoms with Crippen molar-refractivity contribution in [1.82, 2.24) is 25.1 Å². The first-order valence-electron chi connectivity index (χ1n) is 9.86. The maximum absolute atomic E-state index is 13.5. The molecular weight excluding hydrogens is 388 g/mol. The van der Waals surface area contributed by atoms with Gasteiger partial charge in [0.1, 0.15) is 0 Å². The molecule has 1 aromatic heterocycles. The van der Waals surface area contributed by atoms with Crippen LogP contribution >= 0.6 is 0 Å². The highest BCUT2D eigenvalue weighted by Gasteiger charge is 2.24. The number of aryl methyl sites for hydroxylation is 1. The molecule has 6 nitrogen and oxygen atoms in total. The van der Waals surface area contributed by atoms with Crippen LogP contribution in [0.25, 0.3) is 11.4 Å². The van der Waals surface area contributed by atoms with Crippen molar-refractivity contribution in [3.8, 4) is 11.4 Å². The number of benzene rings is 2. The van der Waals surface area contributed by atoms with Crippen LogP contribution in [-0.2, 0) is 19.4 Å². The average molecular weight is 413 g/mol. The number of carbonyl (C=O) groups excluding carboxylic acids is 1. The minimum Gasteiger partial charge on any atom is -0.339 e. The fraction of sp³-hybridized carbons (Fsp3) is 0.364. The number of alkyl halides is 2. The summed E-state index contributed by atoms with van der Waals surface area (Å²) in [5.41, 5.74) is 2.98. The Morgan fingerprint density at radius 1 is 1.10 bits per heavy atom. The molecule has 0 saturated heterocycles. The second-order valence-electron chi connectivity index (χ2n) is 7.21. The highest BCUT2D eigenvalue weighted by Crippen LogP contribution is 2.29. The maximum Gasteiger partial charge on any atom is 0.270 e. The van der Waals surface area contributed by atoms with Gasteiger partial charge >= 0.3 is 0 Å². The monoisotopic (exact) mass is 413 g/mol. The van der Waals surface area contributed by atoms with Gasteiger partial charge in [0.05, 0.1) is 7.05 Å². The lowest BCUT2D eigenvalue weighted by molar-refractivity contribution is 0.0174. The molecule has 0 unspecified atom stereocenters. The van der Waals surface area contributed by atoms with E-state index in [-0.39, 0.29) is 11.5 Å². The average Bonchev–Trinajstić information content (AvgIpc) is 3.15. The predicted molar refractivity (Wildman–Crippen MR) is 110 cm³/mol. The van der Waals surface area contributed by atoms with E-state index in [1.165, 1.54) is 16.9 Å². The molecule has 3 rings (SSSR count). The minimum atomic E-state index is -2.88. The molecule has 0 radical (unpaired) electrons. The van der Waals surface area contributed by atoms with Gasteiger partial charge < -0.3 is 4.90 Å². The van der Waals surface area contributed by atoms with Crippen LogP contribution in [0.5, 0.6) is 0 Å². The first-order chi connectivity index (χ1) is 14.2. The summed E-state index contributed by atoms with van der Waals surface area (Å²) in [7, 11) is 1.67. The molecule has 0 fully saturated rings. The van der Waals surface area contributed by atoms with Crippen molar-refractivity contribution in [3.63, 3.8) is 0 Å². The summed E-state index contributed by atoms with van der Waals surface area (Å²) in [5, 5.41) is 12.3. The zero-order chi connectivity index (χ0) is 21.9. The zero-order valence-electron chi connectivity index (χ0n) is 17.6. The molecule has 30 heavy (non-hydrogen) atoms. The van der Waals surface area contributed by atoms with Gasteiger partial charge in [-0.1, -0.05) is 30.3 Å². The summed E-state index contributed by atoms with van der Waals surface area (Å²) in [6.07, 6.45) is 0.489. The zero-order valence-corrected chi connectivity index (χ0v) is 17.6. The molecule has 0 aliphatic heterocycles. The van der Waals surface area contributed by atoms with Gasteiger partial charge in [0, 0.05) is 36.7 Å². The first-order valence-corrected chi connectivity index (χ1v) is 9.86. The number of hydrogen-bond acceptors (Lipinski definition) is 4. The second kappa shape index (κ2) is 8.69. The SMILES string of the molecule is CCN(CC)C(=O)c1ccc(Cc2ccc(C(C)(F)F)cc2)c(-c2nnn(C)n2)c1. The molecule has 1 amide bonds. The molecule has 3 aromatic rings. The molecule has 0 N–H and O–H groups in total. The molecular formula is C22H25F2N5O. The van der Waals surface area contributed by atoms with Crippen molar-refractivity contribution >= 4 is 5.91 Å². The standard InChI is InChI=1S/C22H25F2N5O/c1-5-29(6-2)21(30)17-10-9-16(19(14-17)20-25-27-28(4)26-20)13-15-7-11-18(12-8-15)22(3,23)24/h7-12,14H,5-6,13H2,1-4H3. The van der Waals surface area contributed by atoms with Crippen LogP contribution in [0.2, 0.25) is 0 Å². The number of hydrogen-bond donors (Lipinski definition) is 0. The maximum atomic E-state index is 13.5. The van der Waals surface area contributed by atoms with E-state index >= 15 is 0 Å². The van der Waals surface area contributed by atoms with Crippen molar-refractivity contribution < 1.29 is 13.6 Å². The number of tetrazole rings is 1. The Hall–Kier alpha value is -3.16. The molecule has 2 aromatic carbocycles. The summed E-state index contributed by atoms with van der Waals surface area (Å²) < 4.78 is 27.0. The fourth-order valence-corrected chi connectivity index (χ4v) is 3.29. The van der Waals surface area contributed by atoms with Crippen LogP contribution in [0.3, 0.4) is 0 Å². The van der Waals surface area contributed by atoms with Gasteiger partial charge in [-0.25, -0.2) is 8.78 Å². The Kier molecular flexibility index (Phi) is 6.24. The summed E-state index contributed by atoms with van der Waals surface area (Å²) in [4.78, 5) is 15.9. The Labute approximate surface area is 174 Å². The second-order valence-corrected chi connectivity index (χ2v) is 7.21. The van der Waals surface area contributed by atoms with Gasteiger partial charge in [-0.15, -0.1) is 10.2 Å². The molecule has 0 spiro atoms. The van der Waals surface area contributed by atoms with E-state index in [1.54, 1.807) is 36.2 Å². The summed E-state index contributed by atoms with van der Waals surface area (Å²) in [6, 6.07) is 11.7. The van der Waals surface area contributed by atoms with Crippen LogP contribution in [-0.4, -0.2) is 44.1 Å². The number of aromatic nitrogens is 4. The van der Waals surface area contributed by atoms with Gasteiger partial charge in [-0.05, 0) is 48.7 Å². The molecule has 0 aliphatic rings. The van der Waals surface area contributed by atoms with E-state index in [9.17, 15) is 13.6 Å². The van der Waals surface area contributed by atoms with Crippen molar-refractivity contribution in [2.24, 2.45) is 7.05 Å². The van der Waals surface area contributed by atoms with E-state index in [1.807, 2.05) is 19.9 Å². The number of nitrogens with zero attached hydrogens (tertiary/aromatic N) is 5. The fourth-order valence-electron chi connectivity index (χ4n) is 3.29. The van der Waals surface area contributed by atoms with Crippen molar-refractivity contribution in [3.05, 3.63) is 64.7 Å². The lowest BCUT2D eigenvalue weighted by Gasteiger charge is -2.19. The van der Waals surface area contributed by atoms with Crippen LogP contribution in [0.4, 0.5) is 8.78 Å². The quantitative estimate of drug-likeness (QED) is 0.586. The summed E-state index contributed by atoms with van der Waals surface area (Å²) >= 11 is 0. The van der Waals surface area contributed by atoms with Gasteiger partial charge in [-0.2, -0.15) is 4.80 Å². The number of carbonyl (C=O) groups is 1. The number of halogens is 2. The molecule has 0 bridgehead atoms. The van der Waals surface area contributed by atoms with E-state index in [0.717, 1.165) is 18.1 Å². The topological polar surface area (TPSA) is 63.9 Å². The molecule has 1 heterocycles. The third kappa shape index (κ3) is 4.69. The van der Waals surface area contributed by atoms with Crippen molar-refractivity contribution in [2.75, 3.05) is 13.1 Å². The first kappa shape index (κ1) is 21.5. The highest BCUT2D eigenvalue weighted by molar-refractivity contribution is 5.95. The van der Waals surface area contributed by atoms with E-state index in [4.69, 9.17) is 0 Å². The highest BCUT2D eigenvalue weighted by atomic mass is 19.3. The summed E-state index contributed by atoms with van der Waals surface area (Å²) in [6.45, 7) is 5.98. The van der Waals surface area contributed by atoms with Gasteiger partial charge in [0.2, 0.25) is 5.82 Å². The Morgan fingerprint density at radius 3 is 2.30 bits per heavy atom. The smallest absolute Gasteiger partial charge is 0.270 e. The lowest BCUT2D eigenvalue weighted by Crippen LogP contribution is -2.30. The van der Waals surface area contributed by atoms with Gasteiger partial charge in [0.25, 0.3) is 11.8 Å². The largest absolute Gasteiger partial charge is 0.339 e. The molecule has 0 atom stereocenters. The molecule has 0 aliphatic carbocycles. The van der Waals surface area contributed by atoms with Gasteiger partial charge in [0.15, 0.2) is 0 Å². The predicted octanol–water partition coefficient (Wildman–Crippen LogP) is 4.06. The molecule has 8 heteroatoms. The summed E-state index contributed by atoms with van der Waals surface area (Å²) in [5.74, 6) is -2.52. The molecule has 158 valence electrons. The van der Waals surface area contributed by atoms with Crippen LogP contribution in [0.1, 0.15) is 47.8 Å².